The summed E-state index contributed by atoms with van der Waals surface area (Å²) in [5.41, 5.74) is 3.02. The molecule has 17 heavy (non-hydrogen) atoms. The monoisotopic (exact) mass is 225 g/mol. The minimum Gasteiger partial charge on any atom is -0.298 e. The van der Waals surface area contributed by atoms with E-state index in [1.54, 1.807) is 24.4 Å². The Morgan fingerprint density at radius 3 is 2.41 bits per heavy atom. The number of carbonyl (C=O) groups is 2. The molecule has 0 atom stereocenters. The number of carbonyl (C=O) groups excluding carboxylic acids is 2. The number of aromatic nitrogens is 1. The van der Waals surface area contributed by atoms with E-state index in [1.807, 2.05) is 12.1 Å². The molecule has 0 radical (unpaired) electrons. The van der Waals surface area contributed by atoms with Gasteiger partial charge in [-0.2, -0.15) is 0 Å². The van der Waals surface area contributed by atoms with E-state index in [-0.39, 0.29) is 5.78 Å². The maximum Gasteiger partial charge on any atom is 0.159 e. The summed E-state index contributed by atoms with van der Waals surface area (Å²) in [7, 11) is 0. The molecular weight excluding hydrogens is 214 g/mol. The summed E-state index contributed by atoms with van der Waals surface area (Å²) in [5, 5.41) is 0. The van der Waals surface area contributed by atoms with Gasteiger partial charge in [0.1, 0.15) is 0 Å². The number of Topliss-reactive ketones (excluding diaryl/α,β-unsaturated/α-hetero) is 1. The highest BCUT2D eigenvalue weighted by atomic mass is 16.1. The molecule has 3 heteroatoms. The highest BCUT2D eigenvalue weighted by Gasteiger charge is 2.02. The average Bonchev–Trinajstić information content (AvgIpc) is 2.39. The van der Waals surface area contributed by atoms with Crippen molar-refractivity contribution >= 4 is 12.1 Å². The lowest BCUT2D eigenvalue weighted by molar-refractivity contribution is 0.101. The molecule has 0 fully saturated rings. The van der Waals surface area contributed by atoms with Crippen molar-refractivity contribution in [3.05, 3.63) is 53.9 Å². The Morgan fingerprint density at radius 2 is 1.82 bits per heavy atom. The third kappa shape index (κ3) is 2.45. The molecular formula is C14H11NO2. The Kier molecular flexibility index (Phi) is 3.10. The molecule has 0 aliphatic heterocycles. The van der Waals surface area contributed by atoms with E-state index in [2.05, 4.69) is 4.98 Å². The Labute approximate surface area is 99.1 Å². The SMILES string of the molecule is CC(=O)c1ccc(-c2cncc(C=O)c2)cc1. The minimum atomic E-state index is 0.0383. The van der Waals surface area contributed by atoms with Crippen LogP contribution >= 0.6 is 0 Å². The van der Waals surface area contributed by atoms with Gasteiger partial charge in [0.15, 0.2) is 12.1 Å². The van der Waals surface area contributed by atoms with Crippen LogP contribution in [0.1, 0.15) is 27.6 Å². The van der Waals surface area contributed by atoms with Crippen LogP contribution in [0.25, 0.3) is 11.1 Å². The zero-order valence-corrected chi connectivity index (χ0v) is 9.38. The van der Waals surface area contributed by atoms with Crippen LogP contribution in [0.2, 0.25) is 0 Å². The Morgan fingerprint density at radius 1 is 1.12 bits per heavy atom. The van der Waals surface area contributed by atoms with Crippen molar-refractivity contribution in [2.75, 3.05) is 0 Å². The van der Waals surface area contributed by atoms with Crippen LogP contribution in [0.15, 0.2) is 42.7 Å². The van der Waals surface area contributed by atoms with Gasteiger partial charge >= 0.3 is 0 Å². The summed E-state index contributed by atoms with van der Waals surface area (Å²) in [6.07, 6.45) is 3.97. The van der Waals surface area contributed by atoms with Crippen molar-refractivity contribution in [1.82, 2.24) is 4.98 Å². The van der Waals surface area contributed by atoms with E-state index in [0.717, 1.165) is 17.4 Å². The molecule has 2 aromatic rings. The van der Waals surface area contributed by atoms with Gasteiger partial charge in [-0.25, -0.2) is 0 Å². The fourth-order valence-electron chi connectivity index (χ4n) is 1.58. The van der Waals surface area contributed by atoms with Crippen LogP contribution < -0.4 is 0 Å². The largest absolute Gasteiger partial charge is 0.298 e. The van der Waals surface area contributed by atoms with E-state index < -0.39 is 0 Å². The predicted molar refractivity (Wildman–Crippen MR) is 65.1 cm³/mol. The number of ketones is 1. The molecule has 0 amide bonds. The highest BCUT2D eigenvalue weighted by Crippen LogP contribution is 2.19. The van der Waals surface area contributed by atoms with E-state index in [0.29, 0.717) is 11.1 Å². The average molecular weight is 225 g/mol. The van der Waals surface area contributed by atoms with Gasteiger partial charge in [-0.3, -0.25) is 14.6 Å². The number of hydrogen-bond donors (Lipinski definition) is 0. The van der Waals surface area contributed by atoms with Crippen LogP contribution in [-0.4, -0.2) is 17.1 Å². The molecule has 0 bridgehead atoms. The molecule has 0 saturated carbocycles. The van der Waals surface area contributed by atoms with Crippen molar-refractivity contribution in [1.29, 1.82) is 0 Å². The van der Waals surface area contributed by atoms with Gasteiger partial charge < -0.3 is 0 Å². The molecule has 84 valence electrons. The van der Waals surface area contributed by atoms with E-state index in [9.17, 15) is 9.59 Å². The van der Waals surface area contributed by atoms with Crippen molar-refractivity contribution in [2.24, 2.45) is 0 Å². The number of nitrogens with zero attached hydrogens (tertiary/aromatic N) is 1. The predicted octanol–water partition coefficient (Wildman–Crippen LogP) is 2.76. The first kappa shape index (κ1) is 11.2. The molecule has 0 aliphatic rings. The van der Waals surface area contributed by atoms with Gasteiger partial charge in [0.25, 0.3) is 0 Å². The molecule has 0 aliphatic carbocycles. The smallest absolute Gasteiger partial charge is 0.159 e. The lowest BCUT2D eigenvalue weighted by Crippen LogP contribution is -1.91. The maximum atomic E-state index is 11.1. The summed E-state index contributed by atoms with van der Waals surface area (Å²) in [6, 6.07) is 9.00. The second-order valence-corrected chi connectivity index (χ2v) is 3.76. The van der Waals surface area contributed by atoms with Gasteiger partial charge in [0.05, 0.1) is 0 Å². The molecule has 1 aromatic heterocycles. The van der Waals surface area contributed by atoms with Gasteiger partial charge in [-0.1, -0.05) is 24.3 Å². The second kappa shape index (κ2) is 4.70. The maximum absolute atomic E-state index is 11.1. The third-order valence-corrected chi connectivity index (χ3v) is 2.52. The summed E-state index contributed by atoms with van der Waals surface area (Å²) in [5.74, 6) is 0.0383. The van der Waals surface area contributed by atoms with Crippen molar-refractivity contribution in [3.63, 3.8) is 0 Å². The number of benzene rings is 1. The van der Waals surface area contributed by atoms with Crippen LogP contribution in [0.3, 0.4) is 0 Å². The number of pyridine rings is 1. The van der Waals surface area contributed by atoms with Crippen LogP contribution in [-0.2, 0) is 0 Å². The third-order valence-electron chi connectivity index (χ3n) is 2.52. The number of hydrogen-bond acceptors (Lipinski definition) is 3. The Bertz CT molecular complexity index is 559. The molecule has 0 N–H and O–H groups in total. The zero-order chi connectivity index (χ0) is 12.3. The summed E-state index contributed by atoms with van der Waals surface area (Å²) >= 11 is 0. The highest BCUT2D eigenvalue weighted by molar-refractivity contribution is 5.94. The van der Waals surface area contributed by atoms with E-state index >= 15 is 0 Å². The van der Waals surface area contributed by atoms with Crippen molar-refractivity contribution < 1.29 is 9.59 Å². The topological polar surface area (TPSA) is 47.0 Å². The zero-order valence-electron chi connectivity index (χ0n) is 9.38. The van der Waals surface area contributed by atoms with Crippen molar-refractivity contribution in [3.8, 4) is 11.1 Å². The van der Waals surface area contributed by atoms with E-state index in [1.165, 1.54) is 13.1 Å². The summed E-state index contributed by atoms with van der Waals surface area (Å²) in [4.78, 5) is 25.8. The summed E-state index contributed by atoms with van der Waals surface area (Å²) in [6.45, 7) is 1.53. The molecule has 0 saturated heterocycles. The van der Waals surface area contributed by atoms with Crippen LogP contribution in [0.4, 0.5) is 0 Å². The van der Waals surface area contributed by atoms with Gasteiger partial charge in [0.2, 0.25) is 0 Å². The first-order valence-corrected chi connectivity index (χ1v) is 5.22. The molecule has 2 rings (SSSR count). The number of aldehydes is 1. The Hall–Kier alpha value is -2.29. The van der Waals surface area contributed by atoms with Gasteiger partial charge in [-0.05, 0) is 18.6 Å². The minimum absolute atomic E-state index is 0.0383. The second-order valence-electron chi connectivity index (χ2n) is 3.76. The molecule has 1 aromatic carbocycles. The standard InChI is InChI=1S/C14H11NO2/c1-10(17)12-2-4-13(5-3-12)14-6-11(9-16)7-15-8-14/h2-9H,1H3. The lowest BCUT2D eigenvalue weighted by Gasteiger charge is -2.02. The molecule has 3 nitrogen and oxygen atoms in total. The quantitative estimate of drug-likeness (QED) is 0.596. The van der Waals surface area contributed by atoms with Gasteiger partial charge in [0, 0.05) is 29.1 Å². The lowest BCUT2D eigenvalue weighted by atomic mass is 10.0. The van der Waals surface area contributed by atoms with E-state index in [4.69, 9.17) is 0 Å². The molecule has 1 heterocycles. The summed E-state index contributed by atoms with van der Waals surface area (Å²) < 4.78 is 0. The first-order valence-electron chi connectivity index (χ1n) is 5.22. The van der Waals surface area contributed by atoms with Crippen LogP contribution in [0, 0.1) is 0 Å². The number of rotatable bonds is 3. The van der Waals surface area contributed by atoms with Gasteiger partial charge in [-0.15, -0.1) is 0 Å². The first-order chi connectivity index (χ1) is 8.20. The van der Waals surface area contributed by atoms with Crippen molar-refractivity contribution in [2.45, 2.75) is 6.92 Å². The fraction of sp³-hybridized carbons (Fsp3) is 0.0714. The normalized spacial score (nSPS) is 9.94. The molecule has 0 unspecified atom stereocenters. The molecule has 0 spiro atoms. The Balaban J connectivity index is 2.39. The fourth-order valence-corrected chi connectivity index (χ4v) is 1.58. The van der Waals surface area contributed by atoms with Crippen LogP contribution in [0.5, 0.6) is 0 Å².